The number of hydrogen-bond donors (Lipinski definition) is 3. The summed E-state index contributed by atoms with van der Waals surface area (Å²) in [6, 6.07) is 0.0813. The molecule has 2 saturated heterocycles. The van der Waals surface area contributed by atoms with Gasteiger partial charge in [0, 0.05) is 26.1 Å². The van der Waals surface area contributed by atoms with Crippen LogP contribution in [0.5, 0.6) is 0 Å². The highest BCUT2D eigenvalue weighted by Gasteiger charge is 2.39. The molecule has 2 aliphatic rings. The first-order chi connectivity index (χ1) is 9.16. The lowest BCUT2D eigenvalue weighted by Crippen LogP contribution is -2.52. The van der Waals surface area contributed by atoms with Crippen molar-refractivity contribution in [2.75, 3.05) is 33.4 Å². The van der Waals surface area contributed by atoms with Crippen molar-refractivity contribution in [3.63, 3.8) is 0 Å². The van der Waals surface area contributed by atoms with Crippen LogP contribution in [0.25, 0.3) is 0 Å². The molecule has 2 amide bonds. The first-order valence-corrected chi connectivity index (χ1v) is 6.94. The molecule has 0 saturated carbocycles. The van der Waals surface area contributed by atoms with Gasteiger partial charge in [-0.2, -0.15) is 0 Å². The minimum absolute atomic E-state index is 0.0528. The molecule has 0 bridgehead atoms. The van der Waals surface area contributed by atoms with Crippen molar-refractivity contribution in [3.8, 4) is 0 Å². The quantitative estimate of drug-likeness (QED) is 0.622. The smallest absolute Gasteiger partial charge is 0.228 e. The standard InChI is InChI=1S/C13H23N3O3/c1-19-9-13(4-6-14-7-5-13)12(18)15-8-10-2-3-11(17)16-10/h10,14H,2-9H2,1H3,(H,15,18)(H,16,17). The Morgan fingerprint density at radius 3 is 2.79 bits per heavy atom. The van der Waals surface area contributed by atoms with Crippen molar-refractivity contribution < 1.29 is 14.3 Å². The first kappa shape index (κ1) is 14.3. The van der Waals surface area contributed by atoms with Gasteiger partial charge >= 0.3 is 0 Å². The molecule has 2 aliphatic heterocycles. The summed E-state index contributed by atoms with van der Waals surface area (Å²) in [5.41, 5.74) is -0.414. The zero-order valence-corrected chi connectivity index (χ0v) is 11.5. The maximum Gasteiger partial charge on any atom is 0.228 e. The van der Waals surface area contributed by atoms with Crippen LogP contribution in [0.2, 0.25) is 0 Å². The topological polar surface area (TPSA) is 79.5 Å². The Morgan fingerprint density at radius 1 is 1.47 bits per heavy atom. The van der Waals surface area contributed by atoms with Crippen molar-refractivity contribution in [2.45, 2.75) is 31.7 Å². The van der Waals surface area contributed by atoms with Crippen molar-refractivity contribution >= 4 is 11.8 Å². The minimum atomic E-state index is -0.414. The van der Waals surface area contributed by atoms with Crippen LogP contribution in [-0.2, 0) is 14.3 Å². The van der Waals surface area contributed by atoms with Gasteiger partial charge in [0.05, 0.1) is 12.0 Å². The number of carbonyl (C=O) groups excluding carboxylic acids is 2. The van der Waals surface area contributed by atoms with Gasteiger partial charge in [-0.25, -0.2) is 0 Å². The van der Waals surface area contributed by atoms with Crippen molar-refractivity contribution in [2.24, 2.45) is 5.41 Å². The second kappa shape index (κ2) is 6.34. The van der Waals surface area contributed by atoms with Crippen LogP contribution >= 0.6 is 0 Å². The summed E-state index contributed by atoms with van der Waals surface area (Å²) in [4.78, 5) is 23.5. The van der Waals surface area contributed by atoms with E-state index in [9.17, 15) is 9.59 Å². The lowest BCUT2D eigenvalue weighted by atomic mass is 9.78. The number of methoxy groups -OCH3 is 1. The fraction of sp³-hybridized carbons (Fsp3) is 0.846. The molecular weight excluding hydrogens is 246 g/mol. The Hall–Kier alpha value is -1.14. The molecule has 0 aromatic carbocycles. The van der Waals surface area contributed by atoms with E-state index in [0.717, 1.165) is 32.4 Å². The number of ether oxygens (including phenoxy) is 1. The lowest BCUT2D eigenvalue weighted by molar-refractivity contribution is -0.136. The molecule has 1 atom stereocenters. The molecule has 2 heterocycles. The maximum atomic E-state index is 12.4. The molecule has 3 N–H and O–H groups in total. The number of nitrogens with one attached hydrogen (secondary N) is 3. The fourth-order valence-corrected chi connectivity index (χ4v) is 2.85. The molecular formula is C13H23N3O3. The number of hydrogen-bond acceptors (Lipinski definition) is 4. The average Bonchev–Trinajstić information content (AvgIpc) is 2.83. The summed E-state index contributed by atoms with van der Waals surface area (Å²) in [5, 5.41) is 9.10. The SMILES string of the molecule is COCC1(C(=O)NCC2CCC(=O)N2)CCNCC1. The summed E-state index contributed by atoms with van der Waals surface area (Å²) >= 11 is 0. The summed E-state index contributed by atoms with van der Waals surface area (Å²) in [5.74, 6) is 0.129. The Balaban J connectivity index is 1.86. The summed E-state index contributed by atoms with van der Waals surface area (Å²) in [6.45, 7) is 2.66. The largest absolute Gasteiger partial charge is 0.384 e. The van der Waals surface area contributed by atoms with Gasteiger partial charge in [0.15, 0.2) is 0 Å². The molecule has 2 fully saturated rings. The summed E-state index contributed by atoms with van der Waals surface area (Å²) < 4.78 is 5.24. The van der Waals surface area contributed by atoms with Crippen LogP contribution in [0, 0.1) is 5.41 Å². The Morgan fingerprint density at radius 2 is 2.21 bits per heavy atom. The van der Waals surface area contributed by atoms with E-state index >= 15 is 0 Å². The number of rotatable bonds is 5. The Kier molecular flexibility index (Phi) is 4.76. The van der Waals surface area contributed by atoms with Crippen LogP contribution in [-0.4, -0.2) is 51.2 Å². The van der Waals surface area contributed by atoms with E-state index in [1.54, 1.807) is 7.11 Å². The van der Waals surface area contributed by atoms with E-state index in [-0.39, 0.29) is 17.9 Å². The lowest BCUT2D eigenvalue weighted by Gasteiger charge is -2.35. The second-order valence-electron chi connectivity index (χ2n) is 5.48. The fourth-order valence-electron chi connectivity index (χ4n) is 2.85. The normalized spacial score (nSPS) is 25.9. The monoisotopic (exact) mass is 269 g/mol. The third-order valence-corrected chi connectivity index (χ3v) is 4.06. The molecule has 0 spiro atoms. The average molecular weight is 269 g/mol. The van der Waals surface area contributed by atoms with Gasteiger partial charge in [0.1, 0.15) is 0 Å². The maximum absolute atomic E-state index is 12.4. The number of amides is 2. The molecule has 0 aliphatic carbocycles. The van der Waals surface area contributed by atoms with Gasteiger partial charge in [-0.15, -0.1) is 0 Å². The van der Waals surface area contributed by atoms with Gasteiger partial charge in [-0.1, -0.05) is 0 Å². The van der Waals surface area contributed by atoms with Crippen LogP contribution in [0.1, 0.15) is 25.7 Å². The van der Waals surface area contributed by atoms with Crippen LogP contribution in [0.4, 0.5) is 0 Å². The summed E-state index contributed by atoms with van der Waals surface area (Å²) in [6.07, 6.45) is 2.96. The minimum Gasteiger partial charge on any atom is -0.384 e. The van der Waals surface area contributed by atoms with Crippen LogP contribution in [0.15, 0.2) is 0 Å². The highest BCUT2D eigenvalue weighted by atomic mass is 16.5. The molecule has 108 valence electrons. The van der Waals surface area contributed by atoms with Gasteiger partial charge in [0.25, 0.3) is 0 Å². The van der Waals surface area contributed by atoms with Gasteiger partial charge < -0.3 is 20.7 Å². The molecule has 1 unspecified atom stereocenters. The van der Waals surface area contributed by atoms with Crippen molar-refractivity contribution in [3.05, 3.63) is 0 Å². The van der Waals surface area contributed by atoms with E-state index in [1.807, 2.05) is 0 Å². The van der Waals surface area contributed by atoms with Gasteiger partial charge in [0.2, 0.25) is 11.8 Å². The molecule has 0 aromatic heterocycles. The molecule has 0 radical (unpaired) electrons. The van der Waals surface area contributed by atoms with Crippen molar-refractivity contribution in [1.29, 1.82) is 0 Å². The predicted octanol–water partition coefficient (Wildman–Crippen LogP) is -0.603. The molecule has 6 heteroatoms. The van der Waals surface area contributed by atoms with E-state index < -0.39 is 5.41 Å². The third kappa shape index (κ3) is 3.45. The van der Waals surface area contributed by atoms with E-state index in [1.165, 1.54) is 0 Å². The van der Waals surface area contributed by atoms with Crippen LogP contribution in [0.3, 0.4) is 0 Å². The Bertz CT molecular complexity index is 335. The molecule has 6 nitrogen and oxygen atoms in total. The Labute approximate surface area is 113 Å². The number of piperidine rings is 1. The zero-order chi connectivity index (χ0) is 13.7. The van der Waals surface area contributed by atoms with Gasteiger partial charge in [-0.05, 0) is 32.4 Å². The predicted molar refractivity (Wildman–Crippen MR) is 70.6 cm³/mol. The zero-order valence-electron chi connectivity index (χ0n) is 11.5. The van der Waals surface area contributed by atoms with E-state index in [0.29, 0.717) is 19.6 Å². The summed E-state index contributed by atoms with van der Waals surface area (Å²) in [7, 11) is 1.63. The molecule has 2 rings (SSSR count). The van der Waals surface area contributed by atoms with Crippen molar-refractivity contribution in [1.82, 2.24) is 16.0 Å². The van der Waals surface area contributed by atoms with Crippen LogP contribution < -0.4 is 16.0 Å². The molecule has 0 aromatic rings. The third-order valence-electron chi connectivity index (χ3n) is 4.06. The molecule has 19 heavy (non-hydrogen) atoms. The van der Waals surface area contributed by atoms with E-state index in [2.05, 4.69) is 16.0 Å². The first-order valence-electron chi connectivity index (χ1n) is 6.94. The van der Waals surface area contributed by atoms with E-state index in [4.69, 9.17) is 4.74 Å². The number of carbonyl (C=O) groups is 2. The van der Waals surface area contributed by atoms with Gasteiger partial charge in [-0.3, -0.25) is 9.59 Å². The highest BCUT2D eigenvalue weighted by molar-refractivity contribution is 5.83. The highest BCUT2D eigenvalue weighted by Crippen LogP contribution is 2.29. The second-order valence-corrected chi connectivity index (χ2v) is 5.48.